The minimum Gasteiger partial charge on any atom is -0.449 e. The SMILES string of the molecule is CCCCOC(=O)Nc1ccc(Nc2cccc(CC)c2N)cc1. The second-order valence-electron chi connectivity index (χ2n) is 5.55. The molecule has 0 spiro atoms. The molecule has 5 heteroatoms. The van der Waals surface area contributed by atoms with E-state index in [0.717, 1.165) is 41.9 Å². The minimum atomic E-state index is -0.427. The number of ether oxygens (including phenoxy) is 1. The lowest BCUT2D eigenvalue weighted by Gasteiger charge is -2.13. The summed E-state index contributed by atoms with van der Waals surface area (Å²) in [6, 6.07) is 13.4. The van der Waals surface area contributed by atoms with Crippen molar-refractivity contribution in [1.29, 1.82) is 0 Å². The maximum Gasteiger partial charge on any atom is 0.411 e. The predicted octanol–water partition coefficient (Wildman–Crippen LogP) is 4.92. The van der Waals surface area contributed by atoms with Crippen LogP contribution in [0, 0.1) is 0 Å². The maximum absolute atomic E-state index is 11.6. The number of nitrogen functional groups attached to an aromatic ring is 1. The number of nitrogens with two attached hydrogens (primary N) is 1. The molecule has 0 heterocycles. The highest BCUT2D eigenvalue weighted by atomic mass is 16.5. The lowest BCUT2D eigenvalue weighted by Crippen LogP contribution is -2.14. The zero-order valence-corrected chi connectivity index (χ0v) is 14.3. The third kappa shape index (κ3) is 4.91. The molecule has 128 valence electrons. The number of unbranched alkanes of at least 4 members (excludes halogenated alkanes) is 1. The molecule has 0 aliphatic carbocycles. The van der Waals surface area contributed by atoms with E-state index in [1.54, 1.807) is 0 Å². The first-order chi connectivity index (χ1) is 11.6. The molecule has 0 aliphatic rings. The largest absolute Gasteiger partial charge is 0.449 e. The number of hydrogen-bond acceptors (Lipinski definition) is 4. The molecule has 0 atom stereocenters. The van der Waals surface area contributed by atoms with Crippen LogP contribution in [0.25, 0.3) is 0 Å². The smallest absolute Gasteiger partial charge is 0.411 e. The first-order valence-corrected chi connectivity index (χ1v) is 8.32. The molecule has 0 aliphatic heterocycles. The van der Waals surface area contributed by atoms with Crippen LogP contribution in [0.4, 0.5) is 27.5 Å². The number of aryl methyl sites for hydroxylation is 1. The number of anilines is 4. The van der Waals surface area contributed by atoms with Crippen molar-refractivity contribution in [2.45, 2.75) is 33.1 Å². The van der Waals surface area contributed by atoms with Gasteiger partial charge in [0.25, 0.3) is 0 Å². The van der Waals surface area contributed by atoms with Crippen molar-refractivity contribution < 1.29 is 9.53 Å². The number of carbonyl (C=O) groups is 1. The van der Waals surface area contributed by atoms with Gasteiger partial charge < -0.3 is 15.8 Å². The van der Waals surface area contributed by atoms with E-state index in [1.165, 1.54) is 0 Å². The summed E-state index contributed by atoms with van der Waals surface area (Å²) >= 11 is 0. The van der Waals surface area contributed by atoms with Crippen molar-refractivity contribution in [2.24, 2.45) is 0 Å². The Bertz CT molecular complexity index is 669. The maximum atomic E-state index is 11.6. The van der Waals surface area contributed by atoms with Crippen LogP contribution >= 0.6 is 0 Å². The van der Waals surface area contributed by atoms with E-state index in [4.69, 9.17) is 10.5 Å². The quantitative estimate of drug-likeness (QED) is 0.498. The topological polar surface area (TPSA) is 76.4 Å². The van der Waals surface area contributed by atoms with Crippen molar-refractivity contribution in [2.75, 3.05) is 23.0 Å². The van der Waals surface area contributed by atoms with E-state index in [2.05, 4.69) is 24.5 Å². The molecule has 0 fully saturated rings. The van der Waals surface area contributed by atoms with Crippen LogP contribution in [0.2, 0.25) is 0 Å². The Kier molecular flexibility index (Phi) is 6.49. The van der Waals surface area contributed by atoms with Crippen molar-refractivity contribution in [1.82, 2.24) is 0 Å². The van der Waals surface area contributed by atoms with Gasteiger partial charge in [0, 0.05) is 11.4 Å². The minimum absolute atomic E-state index is 0.427. The van der Waals surface area contributed by atoms with Crippen molar-refractivity contribution in [3.8, 4) is 0 Å². The summed E-state index contributed by atoms with van der Waals surface area (Å²) in [4.78, 5) is 11.6. The van der Waals surface area contributed by atoms with E-state index in [-0.39, 0.29) is 0 Å². The molecule has 0 radical (unpaired) electrons. The van der Waals surface area contributed by atoms with E-state index in [9.17, 15) is 4.79 Å². The lowest BCUT2D eigenvalue weighted by atomic mass is 10.1. The molecule has 2 aromatic rings. The van der Waals surface area contributed by atoms with Gasteiger partial charge in [0.15, 0.2) is 0 Å². The number of hydrogen-bond donors (Lipinski definition) is 3. The molecular weight excluding hydrogens is 302 g/mol. The van der Waals surface area contributed by atoms with Crippen molar-refractivity contribution in [3.63, 3.8) is 0 Å². The summed E-state index contributed by atoms with van der Waals surface area (Å²) in [5.74, 6) is 0. The van der Waals surface area contributed by atoms with Gasteiger partial charge in [-0.05, 0) is 48.7 Å². The van der Waals surface area contributed by atoms with Gasteiger partial charge in [-0.3, -0.25) is 5.32 Å². The predicted molar refractivity (Wildman–Crippen MR) is 99.8 cm³/mol. The van der Waals surface area contributed by atoms with E-state index in [0.29, 0.717) is 12.3 Å². The fraction of sp³-hybridized carbons (Fsp3) is 0.316. The van der Waals surface area contributed by atoms with E-state index >= 15 is 0 Å². The molecule has 0 aromatic heterocycles. The Morgan fingerprint density at radius 3 is 2.46 bits per heavy atom. The van der Waals surface area contributed by atoms with Crippen molar-refractivity contribution in [3.05, 3.63) is 48.0 Å². The first kappa shape index (κ1) is 17.7. The molecule has 1 amide bonds. The second-order valence-corrected chi connectivity index (χ2v) is 5.55. The molecule has 5 nitrogen and oxygen atoms in total. The molecule has 0 saturated carbocycles. The fourth-order valence-electron chi connectivity index (χ4n) is 2.29. The summed E-state index contributed by atoms with van der Waals surface area (Å²) in [5.41, 5.74) is 10.5. The zero-order valence-electron chi connectivity index (χ0n) is 14.3. The Labute approximate surface area is 143 Å². The number of benzene rings is 2. The fourth-order valence-corrected chi connectivity index (χ4v) is 2.29. The summed E-state index contributed by atoms with van der Waals surface area (Å²) in [5, 5.41) is 6.01. The normalized spacial score (nSPS) is 10.2. The molecule has 0 unspecified atom stereocenters. The van der Waals surface area contributed by atoms with Crippen LogP contribution in [0.1, 0.15) is 32.3 Å². The van der Waals surface area contributed by atoms with E-state index in [1.807, 2.05) is 42.5 Å². The molecule has 4 N–H and O–H groups in total. The van der Waals surface area contributed by atoms with Gasteiger partial charge in [-0.1, -0.05) is 32.4 Å². The van der Waals surface area contributed by atoms with Crippen LogP contribution in [0.5, 0.6) is 0 Å². The number of para-hydroxylation sites is 1. The van der Waals surface area contributed by atoms with Crippen LogP contribution in [0.15, 0.2) is 42.5 Å². The van der Waals surface area contributed by atoms with Crippen molar-refractivity contribution >= 4 is 28.8 Å². The number of rotatable bonds is 7. The summed E-state index contributed by atoms with van der Waals surface area (Å²) in [6.07, 6.45) is 2.33. The third-order valence-electron chi connectivity index (χ3n) is 3.72. The molecule has 2 rings (SSSR count). The highest BCUT2D eigenvalue weighted by Gasteiger charge is 2.05. The monoisotopic (exact) mass is 327 g/mol. The third-order valence-corrected chi connectivity index (χ3v) is 3.72. The molecular formula is C19H25N3O2. The molecule has 0 saturated heterocycles. The lowest BCUT2D eigenvalue weighted by molar-refractivity contribution is 0.160. The first-order valence-electron chi connectivity index (χ1n) is 8.32. The Morgan fingerprint density at radius 1 is 1.08 bits per heavy atom. The van der Waals surface area contributed by atoms with E-state index < -0.39 is 6.09 Å². The highest BCUT2D eigenvalue weighted by Crippen LogP contribution is 2.27. The Balaban J connectivity index is 1.96. The van der Waals surface area contributed by atoms with Gasteiger partial charge in [-0.2, -0.15) is 0 Å². The van der Waals surface area contributed by atoms with Crippen LogP contribution in [0.3, 0.4) is 0 Å². The molecule has 2 aromatic carbocycles. The van der Waals surface area contributed by atoms with Gasteiger partial charge in [-0.25, -0.2) is 4.79 Å². The van der Waals surface area contributed by atoms with Gasteiger partial charge in [0.1, 0.15) is 0 Å². The van der Waals surface area contributed by atoms with Crippen LogP contribution in [-0.4, -0.2) is 12.7 Å². The molecule has 24 heavy (non-hydrogen) atoms. The summed E-state index contributed by atoms with van der Waals surface area (Å²) < 4.78 is 5.07. The average molecular weight is 327 g/mol. The second kappa shape index (κ2) is 8.82. The molecule has 0 bridgehead atoms. The van der Waals surface area contributed by atoms with Gasteiger partial charge in [0.05, 0.1) is 18.0 Å². The van der Waals surface area contributed by atoms with Crippen LogP contribution in [-0.2, 0) is 11.2 Å². The summed E-state index contributed by atoms with van der Waals surface area (Å²) in [6.45, 7) is 4.57. The van der Waals surface area contributed by atoms with Gasteiger partial charge >= 0.3 is 6.09 Å². The Hall–Kier alpha value is -2.69. The van der Waals surface area contributed by atoms with Crippen LogP contribution < -0.4 is 16.4 Å². The number of nitrogens with one attached hydrogen (secondary N) is 2. The number of amides is 1. The highest BCUT2D eigenvalue weighted by molar-refractivity contribution is 5.85. The van der Waals surface area contributed by atoms with Gasteiger partial charge in [-0.15, -0.1) is 0 Å². The standard InChI is InChI=1S/C19H25N3O2/c1-3-5-13-24-19(23)22-16-11-9-15(10-12-16)21-17-8-6-7-14(4-2)18(17)20/h6-12,21H,3-5,13,20H2,1-2H3,(H,22,23). The summed E-state index contributed by atoms with van der Waals surface area (Å²) in [7, 11) is 0. The Morgan fingerprint density at radius 2 is 1.79 bits per heavy atom. The zero-order chi connectivity index (χ0) is 17.4. The van der Waals surface area contributed by atoms with Gasteiger partial charge in [0.2, 0.25) is 0 Å². The average Bonchev–Trinajstić information content (AvgIpc) is 2.59. The number of carbonyl (C=O) groups excluding carboxylic acids is 1.